The molecule has 2 aromatic rings. The molecule has 0 saturated carbocycles. The summed E-state index contributed by atoms with van der Waals surface area (Å²) >= 11 is 0. The average molecular weight is 244 g/mol. The van der Waals surface area contributed by atoms with Crippen molar-refractivity contribution in [3.63, 3.8) is 0 Å². The maximum Gasteiger partial charge on any atom is 0.0839 e. The summed E-state index contributed by atoms with van der Waals surface area (Å²) in [7, 11) is 0. The molecule has 0 heterocycles. The van der Waals surface area contributed by atoms with Crippen molar-refractivity contribution in [3.8, 4) is 0 Å². The van der Waals surface area contributed by atoms with Gasteiger partial charge in [-0.05, 0) is 30.2 Å². The van der Waals surface area contributed by atoms with Crippen molar-refractivity contribution in [3.05, 3.63) is 48.0 Å². The van der Waals surface area contributed by atoms with Crippen molar-refractivity contribution < 1.29 is 9.84 Å². The van der Waals surface area contributed by atoms with Gasteiger partial charge in [-0.25, -0.2) is 0 Å². The van der Waals surface area contributed by atoms with E-state index in [0.717, 1.165) is 0 Å². The van der Waals surface area contributed by atoms with E-state index in [0.29, 0.717) is 13.0 Å². The molecule has 2 atom stereocenters. The van der Waals surface area contributed by atoms with Gasteiger partial charge in [0.2, 0.25) is 0 Å². The highest BCUT2D eigenvalue weighted by molar-refractivity contribution is 5.85. The second-order valence-electron chi connectivity index (χ2n) is 4.57. The first kappa shape index (κ1) is 13.1. The van der Waals surface area contributed by atoms with Crippen molar-refractivity contribution in [2.45, 2.75) is 32.5 Å². The van der Waals surface area contributed by atoms with Crippen LogP contribution >= 0.6 is 0 Å². The number of hydrogen-bond donors (Lipinski definition) is 1. The van der Waals surface area contributed by atoms with E-state index in [-0.39, 0.29) is 6.10 Å². The van der Waals surface area contributed by atoms with E-state index < -0.39 is 6.10 Å². The van der Waals surface area contributed by atoms with Gasteiger partial charge in [0.15, 0.2) is 0 Å². The molecule has 0 radical (unpaired) electrons. The molecule has 0 fully saturated rings. The fourth-order valence-corrected chi connectivity index (χ4v) is 2.24. The standard InChI is InChI=1S/C16H20O2/c1-3-18-12(2)16(17)11-14-9-6-8-13-7-4-5-10-15(13)14/h4-10,12,16-17H,3,11H2,1-2H3. The number of aliphatic hydroxyl groups is 1. The highest BCUT2D eigenvalue weighted by atomic mass is 16.5. The van der Waals surface area contributed by atoms with Crippen LogP contribution in [0.25, 0.3) is 10.8 Å². The summed E-state index contributed by atoms with van der Waals surface area (Å²) < 4.78 is 5.44. The minimum absolute atomic E-state index is 0.131. The van der Waals surface area contributed by atoms with Crippen LogP contribution in [-0.2, 0) is 11.2 Å². The normalized spacial score (nSPS) is 14.6. The Labute approximate surface area is 108 Å². The van der Waals surface area contributed by atoms with Crippen LogP contribution in [-0.4, -0.2) is 23.9 Å². The number of aliphatic hydroxyl groups excluding tert-OH is 1. The molecular formula is C16H20O2. The summed E-state index contributed by atoms with van der Waals surface area (Å²) in [6.45, 7) is 4.49. The van der Waals surface area contributed by atoms with Crippen molar-refractivity contribution in [2.75, 3.05) is 6.61 Å². The quantitative estimate of drug-likeness (QED) is 0.875. The van der Waals surface area contributed by atoms with Crippen LogP contribution in [0, 0.1) is 0 Å². The molecule has 2 nitrogen and oxygen atoms in total. The molecule has 2 unspecified atom stereocenters. The SMILES string of the molecule is CCOC(C)C(O)Cc1cccc2ccccc12. The lowest BCUT2D eigenvalue weighted by atomic mass is 9.98. The maximum absolute atomic E-state index is 10.1. The van der Waals surface area contributed by atoms with Gasteiger partial charge in [0.1, 0.15) is 0 Å². The second kappa shape index (κ2) is 5.98. The predicted molar refractivity (Wildman–Crippen MR) is 74.7 cm³/mol. The molecular weight excluding hydrogens is 224 g/mol. The van der Waals surface area contributed by atoms with Gasteiger partial charge >= 0.3 is 0 Å². The lowest BCUT2D eigenvalue weighted by Gasteiger charge is -2.19. The smallest absolute Gasteiger partial charge is 0.0839 e. The van der Waals surface area contributed by atoms with Crippen molar-refractivity contribution in [1.82, 2.24) is 0 Å². The molecule has 18 heavy (non-hydrogen) atoms. The van der Waals surface area contributed by atoms with Crippen LogP contribution in [0.4, 0.5) is 0 Å². The first-order valence-corrected chi connectivity index (χ1v) is 6.48. The van der Waals surface area contributed by atoms with Crippen LogP contribution in [0.1, 0.15) is 19.4 Å². The Morgan fingerprint density at radius 2 is 1.83 bits per heavy atom. The van der Waals surface area contributed by atoms with E-state index in [1.54, 1.807) is 0 Å². The molecule has 96 valence electrons. The molecule has 0 aliphatic rings. The number of hydrogen-bond acceptors (Lipinski definition) is 2. The summed E-state index contributed by atoms with van der Waals surface area (Å²) in [6.07, 6.45) is 0.0347. The Bertz CT molecular complexity index is 502. The van der Waals surface area contributed by atoms with Crippen LogP contribution in [0.15, 0.2) is 42.5 Å². The zero-order valence-electron chi connectivity index (χ0n) is 11.0. The molecule has 1 N–H and O–H groups in total. The monoisotopic (exact) mass is 244 g/mol. The Kier molecular flexibility index (Phi) is 4.34. The van der Waals surface area contributed by atoms with E-state index in [4.69, 9.17) is 4.74 Å². The highest BCUT2D eigenvalue weighted by Crippen LogP contribution is 2.20. The van der Waals surface area contributed by atoms with Gasteiger partial charge < -0.3 is 9.84 Å². The summed E-state index contributed by atoms with van der Waals surface area (Å²) in [5.74, 6) is 0. The second-order valence-corrected chi connectivity index (χ2v) is 4.57. The third-order valence-corrected chi connectivity index (χ3v) is 3.28. The summed E-state index contributed by atoms with van der Waals surface area (Å²) in [6, 6.07) is 14.5. The molecule has 0 aliphatic carbocycles. The van der Waals surface area contributed by atoms with Crippen molar-refractivity contribution in [1.29, 1.82) is 0 Å². The van der Waals surface area contributed by atoms with E-state index in [1.165, 1.54) is 16.3 Å². The Morgan fingerprint density at radius 1 is 1.11 bits per heavy atom. The van der Waals surface area contributed by atoms with Crippen molar-refractivity contribution >= 4 is 10.8 Å². The number of benzene rings is 2. The molecule has 2 rings (SSSR count). The van der Waals surface area contributed by atoms with Crippen LogP contribution < -0.4 is 0 Å². The average Bonchev–Trinajstić information content (AvgIpc) is 2.39. The van der Waals surface area contributed by atoms with Gasteiger partial charge in [-0.1, -0.05) is 42.5 Å². The summed E-state index contributed by atoms with van der Waals surface area (Å²) in [4.78, 5) is 0. The molecule has 0 bridgehead atoms. The van der Waals surface area contributed by atoms with E-state index in [1.807, 2.05) is 32.0 Å². The minimum atomic E-state index is -0.462. The number of fused-ring (bicyclic) bond motifs is 1. The first-order chi connectivity index (χ1) is 8.72. The Hall–Kier alpha value is -1.38. The van der Waals surface area contributed by atoms with Crippen LogP contribution in [0.5, 0.6) is 0 Å². The first-order valence-electron chi connectivity index (χ1n) is 6.48. The predicted octanol–water partition coefficient (Wildman–Crippen LogP) is 3.17. The van der Waals surface area contributed by atoms with E-state index in [9.17, 15) is 5.11 Å². The zero-order chi connectivity index (χ0) is 13.0. The van der Waals surface area contributed by atoms with Gasteiger partial charge in [-0.2, -0.15) is 0 Å². The van der Waals surface area contributed by atoms with Gasteiger partial charge in [0.25, 0.3) is 0 Å². The molecule has 0 aliphatic heterocycles. The molecule has 2 heteroatoms. The van der Waals surface area contributed by atoms with Gasteiger partial charge in [0, 0.05) is 13.0 Å². The molecule has 0 spiro atoms. The minimum Gasteiger partial charge on any atom is -0.390 e. The van der Waals surface area contributed by atoms with Gasteiger partial charge in [-0.15, -0.1) is 0 Å². The van der Waals surface area contributed by atoms with Crippen LogP contribution in [0.2, 0.25) is 0 Å². The third kappa shape index (κ3) is 2.89. The maximum atomic E-state index is 10.1. The number of ether oxygens (including phenoxy) is 1. The molecule has 0 aromatic heterocycles. The van der Waals surface area contributed by atoms with Crippen molar-refractivity contribution in [2.24, 2.45) is 0 Å². The van der Waals surface area contributed by atoms with E-state index in [2.05, 4.69) is 24.3 Å². The third-order valence-electron chi connectivity index (χ3n) is 3.28. The molecule has 2 aromatic carbocycles. The van der Waals surface area contributed by atoms with Gasteiger partial charge in [-0.3, -0.25) is 0 Å². The fourth-order valence-electron chi connectivity index (χ4n) is 2.24. The lowest BCUT2D eigenvalue weighted by molar-refractivity contribution is -0.0206. The highest BCUT2D eigenvalue weighted by Gasteiger charge is 2.15. The lowest BCUT2D eigenvalue weighted by Crippen LogP contribution is -2.28. The van der Waals surface area contributed by atoms with E-state index >= 15 is 0 Å². The number of rotatable bonds is 5. The largest absolute Gasteiger partial charge is 0.390 e. The molecule has 0 saturated heterocycles. The Balaban J connectivity index is 2.21. The fraction of sp³-hybridized carbons (Fsp3) is 0.375. The topological polar surface area (TPSA) is 29.5 Å². The Morgan fingerprint density at radius 3 is 2.61 bits per heavy atom. The zero-order valence-corrected chi connectivity index (χ0v) is 11.0. The van der Waals surface area contributed by atoms with Gasteiger partial charge in [0.05, 0.1) is 12.2 Å². The summed E-state index contributed by atoms with van der Waals surface area (Å²) in [5, 5.41) is 12.6. The van der Waals surface area contributed by atoms with Crippen LogP contribution in [0.3, 0.4) is 0 Å². The molecule has 0 amide bonds. The summed E-state index contributed by atoms with van der Waals surface area (Å²) in [5.41, 5.74) is 1.17.